The van der Waals surface area contributed by atoms with Crippen molar-refractivity contribution in [2.24, 2.45) is 10.7 Å². The molecule has 0 aromatic heterocycles. The molecule has 0 amide bonds. The van der Waals surface area contributed by atoms with Crippen molar-refractivity contribution >= 4 is 23.5 Å². The van der Waals surface area contributed by atoms with E-state index in [0.29, 0.717) is 17.7 Å². The van der Waals surface area contributed by atoms with Gasteiger partial charge in [0.2, 0.25) is 0 Å². The van der Waals surface area contributed by atoms with Crippen LogP contribution in [0.15, 0.2) is 35.5 Å². The van der Waals surface area contributed by atoms with E-state index in [1.54, 1.807) is 18.3 Å². The Kier molecular flexibility index (Phi) is 7.08. The minimum atomic E-state index is -5.24. The minimum absolute atomic E-state index is 0.132. The van der Waals surface area contributed by atoms with Crippen molar-refractivity contribution in [1.82, 2.24) is 0 Å². The number of nitrogens with one attached hydrogen (secondary N) is 1. The number of nitrogens with zero attached hydrogens (tertiary/aromatic N) is 1. The molecule has 1 aromatic carbocycles. The Morgan fingerprint density at radius 1 is 1.31 bits per heavy atom. The van der Waals surface area contributed by atoms with Gasteiger partial charge in [-0.1, -0.05) is 24.3 Å². The topological polar surface area (TPSA) is 109 Å². The molecular formula is C17H20F3N3O3. The summed E-state index contributed by atoms with van der Waals surface area (Å²) in [6, 6.07) is 5.93. The molecule has 0 spiro atoms. The van der Waals surface area contributed by atoms with Gasteiger partial charge in [0.25, 0.3) is 0 Å². The number of allylic oxidation sites excluding steroid dienone is 1. The van der Waals surface area contributed by atoms with Crippen LogP contribution in [-0.2, 0) is 9.53 Å². The van der Waals surface area contributed by atoms with Crippen molar-refractivity contribution in [2.45, 2.75) is 32.2 Å². The van der Waals surface area contributed by atoms with E-state index in [-0.39, 0.29) is 5.56 Å². The van der Waals surface area contributed by atoms with E-state index >= 15 is 0 Å². The van der Waals surface area contributed by atoms with Crippen LogP contribution in [0.2, 0.25) is 0 Å². The Labute approximate surface area is 148 Å². The van der Waals surface area contributed by atoms with E-state index in [1.165, 1.54) is 18.3 Å². The summed E-state index contributed by atoms with van der Waals surface area (Å²) in [6.45, 7) is 3.15. The van der Waals surface area contributed by atoms with Crippen LogP contribution in [-0.4, -0.2) is 41.5 Å². The van der Waals surface area contributed by atoms with Gasteiger partial charge in [-0.25, -0.2) is 0 Å². The highest BCUT2D eigenvalue weighted by Crippen LogP contribution is 2.35. The van der Waals surface area contributed by atoms with Crippen LogP contribution in [0.4, 0.5) is 13.2 Å². The fourth-order valence-corrected chi connectivity index (χ4v) is 2.04. The van der Waals surface area contributed by atoms with Crippen molar-refractivity contribution in [3.05, 3.63) is 41.6 Å². The Balaban J connectivity index is 3.03. The maximum absolute atomic E-state index is 13.0. The van der Waals surface area contributed by atoms with Crippen molar-refractivity contribution in [1.29, 1.82) is 5.41 Å². The van der Waals surface area contributed by atoms with Gasteiger partial charge in [-0.05, 0) is 18.1 Å². The molecule has 9 heteroatoms. The smallest absolute Gasteiger partial charge is 0.423 e. The van der Waals surface area contributed by atoms with Crippen molar-refractivity contribution in [3.63, 3.8) is 0 Å². The summed E-state index contributed by atoms with van der Waals surface area (Å²) >= 11 is 0. The van der Waals surface area contributed by atoms with Crippen LogP contribution >= 0.6 is 0 Å². The summed E-state index contributed by atoms with van der Waals surface area (Å²) in [5.41, 5.74) is 6.37. The largest absolute Gasteiger partial charge is 0.455 e. The van der Waals surface area contributed by atoms with Gasteiger partial charge >= 0.3 is 17.9 Å². The summed E-state index contributed by atoms with van der Waals surface area (Å²) in [5, 5.41) is 17.5. The number of hydrogen-bond donors (Lipinski definition) is 3. The molecule has 1 atom stereocenters. The van der Waals surface area contributed by atoms with Crippen LogP contribution in [0, 0.1) is 5.41 Å². The van der Waals surface area contributed by atoms with Crippen molar-refractivity contribution < 1.29 is 27.8 Å². The van der Waals surface area contributed by atoms with E-state index in [1.807, 2.05) is 6.92 Å². The second-order valence-electron chi connectivity index (χ2n) is 5.36. The summed E-state index contributed by atoms with van der Waals surface area (Å²) < 4.78 is 43.1. The molecule has 1 rings (SSSR count). The molecule has 0 aliphatic rings. The molecule has 4 N–H and O–H groups in total. The first-order valence-electron chi connectivity index (χ1n) is 7.62. The third-order valence-corrected chi connectivity index (χ3v) is 3.33. The van der Waals surface area contributed by atoms with Crippen molar-refractivity contribution in [2.75, 3.05) is 6.54 Å². The standard InChI is InChI=1S/C17H20F3N3O3/c1-3-23-10-14(9-21)12-4-6-13(7-5-12)15(22)8-16(25,17(18,19)20)26-11(2)24/h4-7,9-10,22,25H,3,8,21H2,1-2H3/b14-9+,22-15?,23-10?. The molecule has 26 heavy (non-hydrogen) atoms. The first-order chi connectivity index (χ1) is 12.0. The zero-order valence-corrected chi connectivity index (χ0v) is 14.3. The average Bonchev–Trinajstić information content (AvgIpc) is 2.54. The fraction of sp³-hybridized carbons (Fsp3) is 0.353. The molecule has 0 radical (unpaired) electrons. The molecule has 1 unspecified atom stereocenters. The lowest BCUT2D eigenvalue weighted by atomic mass is 9.99. The molecule has 6 nitrogen and oxygen atoms in total. The third-order valence-electron chi connectivity index (χ3n) is 3.33. The molecule has 1 aromatic rings. The highest BCUT2D eigenvalue weighted by molar-refractivity contribution is 6.10. The number of alkyl halides is 3. The van der Waals surface area contributed by atoms with Gasteiger partial charge in [-0.3, -0.25) is 9.79 Å². The highest BCUT2D eigenvalue weighted by Gasteiger charge is 2.57. The predicted molar refractivity (Wildman–Crippen MR) is 91.9 cm³/mol. The number of halogens is 3. The fourth-order valence-electron chi connectivity index (χ4n) is 2.04. The number of benzene rings is 1. The van der Waals surface area contributed by atoms with E-state index < -0.39 is 30.1 Å². The molecule has 0 fully saturated rings. The second-order valence-corrected chi connectivity index (χ2v) is 5.36. The first kappa shape index (κ1) is 21.4. The molecular weight excluding hydrogens is 351 g/mol. The van der Waals surface area contributed by atoms with Crippen LogP contribution < -0.4 is 5.73 Å². The van der Waals surface area contributed by atoms with Crippen LogP contribution in [0.5, 0.6) is 0 Å². The molecule has 0 bridgehead atoms. The van der Waals surface area contributed by atoms with Gasteiger partial charge in [0, 0.05) is 37.2 Å². The molecule has 0 saturated heterocycles. The van der Waals surface area contributed by atoms with Crippen molar-refractivity contribution in [3.8, 4) is 0 Å². The van der Waals surface area contributed by atoms with E-state index in [4.69, 9.17) is 11.1 Å². The van der Waals surface area contributed by atoms with Gasteiger partial charge in [-0.2, -0.15) is 13.2 Å². The Morgan fingerprint density at radius 3 is 2.27 bits per heavy atom. The lowest BCUT2D eigenvalue weighted by Crippen LogP contribution is -2.50. The minimum Gasteiger partial charge on any atom is -0.423 e. The van der Waals surface area contributed by atoms with Gasteiger partial charge in [0.1, 0.15) is 0 Å². The molecule has 142 valence electrons. The monoisotopic (exact) mass is 371 g/mol. The zero-order chi connectivity index (χ0) is 20.0. The Morgan fingerprint density at radius 2 is 1.85 bits per heavy atom. The van der Waals surface area contributed by atoms with Gasteiger partial charge in [0.15, 0.2) is 0 Å². The molecule has 0 aliphatic carbocycles. The number of ether oxygens (including phenoxy) is 1. The predicted octanol–water partition coefficient (Wildman–Crippen LogP) is 2.65. The van der Waals surface area contributed by atoms with Crippen LogP contribution in [0.3, 0.4) is 0 Å². The van der Waals surface area contributed by atoms with Crippen LogP contribution in [0.25, 0.3) is 5.57 Å². The second kappa shape index (κ2) is 8.61. The number of aliphatic imine (C=N–C) groups is 1. The van der Waals surface area contributed by atoms with Gasteiger partial charge in [-0.15, -0.1) is 0 Å². The maximum atomic E-state index is 13.0. The normalized spacial score (nSPS) is 14.9. The maximum Gasteiger partial charge on any atom is 0.455 e. The van der Waals surface area contributed by atoms with Crippen LogP contribution in [0.1, 0.15) is 31.4 Å². The molecule has 0 aliphatic heterocycles. The SMILES string of the molecule is CCN=C/C(=C\N)c1ccc(C(=N)CC(O)(OC(C)=O)C(F)(F)F)cc1. The summed E-state index contributed by atoms with van der Waals surface area (Å²) in [5.74, 6) is -5.06. The summed E-state index contributed by atoms with van der Waals surface area (Å²) in [7, 11) is 0. The lowest BCUT2D eigenvalue weighted by molar-refractivity contribution is -0.347. The van der Waals surface area contributed by atoms with E-state index in [0.717, 1.165) is 6.92 Å². The van der Waals surface area contributed by atoms with E-state index in [2.05, 4.69) is 9.73 Å². The van der Waals surface area contributed by atoms with Gasteiger partial charge < -0.3 is 21.0 Å². The number of aliphatic hydroxyl groups is 1. The quantitative estimate of drug-likeness (QED) is 0.389. The Bertz CT molecular complexity index is 712. The summed E-state index contributed by atoms with van der Waals surface area (Å²) in [6.07, 6.45) is -3.57. The zero-order valence-electron chi connectivity index (χ0n) is 14.3. The molecule has 0 heterocycles. The van der Waals surface area contributed by atoms with E-state index in [9.17, 15) is 23.1 Å². The number of rotatable bonds is 7. The Hall–Kier alpha value is -2.68. The highest BCUT2D eigenvalue weighted by atomic mass is 19.4. The number of carbonyl (C=O) groups excluding carboxylic acids is 1. The average molecular weight is 371 g/mol. The third kappa shape index (κ3) is 5.41. The number of carbonyl (C=O) groups is 1. The first-order valence-corrected chi connectivity index (χ1v) is 7.62. The lowest BCUT2D eigenvalue weighted by Gasteiger charge is -2.29. The summed E-state index contributed by atoms with van der Waals surface area (Å²) in [4.78, 5) is 14.9. The number of nitrogens with two attached hydrogens (primary N) is 1. The van der Waals surface area contributed by atoms with Gasteiger partial charge in [0.05, 0.1) is 6.42 Å². The number of hydrogen-bond acceptors (Lipinski definition) is 6. The number of esters is 1. The molecule has 0 saturated carbocycles.